The number of carboxylic acid groups (broad SMARTS) is 1. The van der Waals surface area contributed by atoms with Crippen LogP contribution in [-0.4, -0.2) is 16.1 Å². The van der Waals surface area contributed by atoms with E-state index in [4.69, 9.17) is 9.52 Å². The molecular weight excluding hydrogens is 329 g/mol. The van der Waals surface area contributed by atoms with Crippen molar-refractivity contribution in [2.24, 2.45) is 0 Å². The summed E-state index contributed by atoms with van der Waals surface area (Å²) in [4.78, 5) is 15.3. The molecule has 0 fully saturated rings. The van der Waals surface area contributed by atoms with E-state index in [2.05, 4.69) is 20.9 Å². The highest BCUT2D eigenvalue weighted by Crippen LogP contribution is 2.33. The summed E-state index contributed by atoms with van der Waals surface area (Å²) in [5.41, 5.74) is 0.661. The summed E-state index contributed by atoms with van der Waals surface area (Å²) in [6, 6.07) is 9.08. The van der Waals surface area contributed by atoms with E-state index in [9.17, 15) is 9.18 Å². The first-order chi connectivity index (χ1) is 9.58. The number of carboxylic acids is 1. The van der Waals surface area contributed by atoms with Gasteiger partial charge in [-0.2, -0.15) is 0 Å². The van der Waals surface area contributed by atoms with Crippen LogP contribution < -0.4 is 0 Å². The van der Waals surface area contributed by atoms with E-state index in [1.165, 1.54) is 12.1 Å². The summed E-state index contributed by atoms with van der Waals surface area (Å²) in [7, 11) is 0. The highest BCUT2D eigenvalue weighted by Gasteiger charge is 2.19. The number of carbonyl (C=O) groups is 1. The van der Waals surface area contributed by atoms with E-state index >= 15 is 0 Å². The molecule has 1 N–H and O–H groups in total. The van der Waals surface area contributed by atoms with E-state index in [1.807, 2.05) is 0 Å². The highest BCUT2D eigenvalue weighted by molar-refractivity contribution is 9.10. The average molecular weight is 336 g/mol. The summed E-state index contributed by atoms with van der Waals surface area (Å²) < 4.78 is 19.8. The molecule has 0 spiro atoms. The summed E-state index contributed by atoms with van der Waals surface area (Å²) in [5.74, 6) is -1.58. The van der Waals surface area contributed by atoms with Crippen molar-refractivity contribution in [3.63, 3.8) is 0 Å². The second-order valence-corrected chi connectivity index (χ2v) is 4.93. The Balaban J connectivity index is 2.29. The van der Waals surface area contributed by atoms with Crippen molar-refractivity contribution in [3.05, 3.63) is 52.3 Å². The molecule has 0 saturated carbocycles. The number of rotatable bonds is 2. The molecule has 3 rings (SSSR count). The van der Waals surface area contributed by atoms with Crippen molar-refractivity contribution in [3.8, 4) is 11.5 Å². The molecule has 1 heterocycles. The Bertz CT molecular complexity index is 808. The molecule has 0 amide bonds. The zero-order chi connectivity index (χ0) is 14.3. The van der Waals surface area contributed by atoms with Gasteiger partial charge in [-0.3, -0.25) is 0 Å². The molecule has 1 aromatic heterocycles. The topological polar surface area (TPSA) is 63.3 Å². The van der Waals surface area contributed by atoms with Gasteiger partial charge in [0.05, 0.1) is 5.56 Å². The third kappa shape index (κ3) is 1.98. The van der Waals surface area contributed by atoms with Crippen LogP contribution >= 0.6 is 15.9 Å². The Labute approximate surface area is 121 Å². The third-order valence-corrected chi connectivity index (χ3v) is 3.48. The second-order valence-electron chi connectivity index (χ2n) is 4.07. The van der Waals surface area contributed by atoms with Crippen molar-refractivity contribution in [1.82, 2.24) is 4.98 Å². The van der Waals surface area contributed by atoms with Crippen LogP contribution in [0.3, 0.4) is 0 Å². The number of para-hydroxylation sites is 1. The van der Waals surface area contributed by atoms with Crippen LogP contribution in [0.2, 0.25) is 0 Å². The van der Waals surface area contributed by atoms with Crippen molar-refractivity contribution in [1.29, 1.82) is 0 Å². The maximum absolute atomic E-state index is 13.9. The van der Waals surface area contributed by atoms with E-state index in [0.717, 1.165) is 0 Å². The number of hydrogen-bond acceptors (Lipinski definition) is 3. The Morgan fingerprint density at radius 1 is 1.25 bits per heavy atom. The van der Waals surface area contributed by atoms with Gasteiger partial charge in [-0.05, 0) is 40.2 Å². The Morgan fingerprint density at radius 2 is 2.00 bits per heavy atom. The standard InChI is InChI=1S/C14H7BrFNO3/c15-8-4-2-5-9(16)11(8)13-17-10-6-1-3-7(14(18)19)12(10)20-13/h1-6H,(H,18,19). The molecule has 0 atom stereocenters. The van der Waals surface area contributed by atoms with Crippen LogP contribution in [-0.2, 0) is 0 Å². The zero-order valence-corrected chi connectivity index (χ0v) is 11.5. The normalized spacial score (nSPS) is 10.9. The zero-order valence-electron chi connectivity index (χ0n) is 9.93. The van der Waals surface area contributed by atoms with E-state index in [1.54, 1.807) is 24.3 Å². The van der Waals surface area contributed by atoms with Crippen LogP contribution in [0.1, 0.15) is 10.4 Å². The summed E-state index contributed by atoms with van der Waals surface area (Å²) in [6.07, 6.45) is 0. The van der Waals surface area contributed by atoms with Crippen LogP contribution in [0, 0.1) is 5.82 Å². The minimum atomic E-state index is -1.12. The van der Waals surface area contributed by atoms with Crippen molar-refractivity contribution in [2.45, 2.75) is 0 Å². The van der Waals surface area contributed by atoms with Crippen molar-refractivity contribution < 1.29 is 18.7 Å². The number of nitrogens with zero attached hydrogens (tertiary/aromatic N) is 1. The quantitative estimate of drug-likeness (QED) is 0.765. The fourth-order valence-corrected chi connectivity index (χ4v) is 2.44. The first-order valence-corrected chi connectivity index (χ1v) is 6.44. The molecule has 20 heavy (non-hydrogen) atoms. The first-order valence-electron chi connectivity index (χ1n) is 5.65. The fourth-order valence-electron chi connectivity index (χ4n) is 1.93. The molecular formula is C14H7BrFNO3. The molecule has 0 radical (unpaired) electrons. The van der Waals surface area contributed by atoms with Crippen molar-refractivity contribution >= 4 is 33.0 Å². The van der Waals surface area contributed by atoms with Gasteiger partial charge in [-0.1, -0.05) is 12.1 Å². The Hall–Kier alpha value is -2.21. The van der Waals surface area contributed by atoms with E-state index in [-0.39, 0.29) is 22.6 Å². The summed E-state index contributed by atoms with van der Waals surface area (Å²) in [5, 5.41) is 9.10. The lowest BCUT2D eigenvalue weighted by atomic mass is 10.2. The molecule has 0 bridgehead atoms. The number of benzene rings is 2. The van der Waals surface area contributed by atoms with Crippen LogP contribution in [0.25, 0.3) is 22.6 Å². The lowest BCUT2D eigenvalue weighted by molar-refractivity contribution is 0.0698. The van der Waals surface area contributed by atoms with Gasteiger partial charge in [0.2, 0.25) is 5.89 Å². The molecule has 0 aliphatic carbocycles. The molecule has 2 aromatic carbocycles. The SMILES string of the molecule is O=C(O)c1cccc2nc(-c3c(F)cccc3Br)oc12. The van der Waals surface area contributed by atoms with Gasteiger partial charge in [0.25, 0.3) is 0 Å². The predicted octanol–water partition coefficient (Wildman–Crippen LogP) is 4.09. The fraction of sp³-hybridized carbons (Fsp3) is 0. The number of halogens is 2. The van der Waals surface area contributed by atoms with Crippen LogP contribution in [0.5, 0.6) is 0 Å². The van der Waals surface area contributed by atoms with Gasteiger partial charge in [-0.15, -0.1) is 0 Å². The van der Waals surface area contributed by atoms with Crippen molar-refractivity contribution in [2.75, 3.05) is 0 Å². The van der Waals surface area contributed by atoms with E-state index < -0.39 is 11.8 Å². The Morgan fingerprint density at radius 3 is 2.70 bits per heavy atom. The number of hydrogen-bond donors (Lipinski definition) is 1. The molecule has 0 saturated heterocycles. The number of aromatic nitrogens is 1. The highest BCUT2D eigenvalue weighted by atomic mass is 79.9. The minimum Gasteiger partial charge on any atom is -0.478 e. The molecule has 0 aliphatic rings. The largest absolute Gasteiger partial charge is 0.478 e. The van der Waals surface area contributed by atoms with Gasteiger partial charge in [0.15, 0.2) is 5.58 Å². The van der Waals surface area contributed by atoms with Gasteiger partial charge in [0.1, 0.15) is 16.9 Å². The molecule has 3 aromatic rings. The number of aromatic carboxylic acids is 1. The monoisotopic (exact) mass is 335 g/mol. The lowest BCUT2D eigenvalue weighted by Gasteiger charge is -2.00. The minimum absolute atomic E-state index is 0.00582. The smallest absolute Gasteiger partial charge is 0.339 e. The van der Waals surface area contributed by atoms with Gasteiger partial charge < -0.3 is 9.52 Å². The predicted molar refractivity (Wildman–Crippen MR) is 74.1 cm³/mol. The Kier molecular flexibility index (Phi) is 3.02. The summed E-state index contributed by atoms with van der Waals surface area (Å²) >= 11 is 3.23. The molecule has 0 aliphatic heterocycles. The van der Waals surface area contributed by atoms with E-state index in [0.29, 0.717) is 9.99 Å². The number of fused-ring (bicyclic) bond motifs is 1. The molecule has 100 valence electrons. The molecule has 4 nitrogen and oxygen atoms in total. The second kappa shape index (κ2) is 4.72. The van der Waals surface area contributed by atoms with Gasteiger partial charge in [0, 0.05) is 4.47 Å². The molecule has 6 heteroatoms. The third-order valence-electron chi connectivity index (χ3n) is 2.82. The van der Waals surface area contributed by atoms with Gasteiger partial charge in [-0.25, -0.2) is 14.2 Å². The maximum atomic E-state index is 13.9. The molecule has 0 unspecified atom stereocenters. The average Bonchev–Trinajstić information content (AvgIpc) is 2.81. The maximum Gasteiger partial charge on any atom is 0.339 e. The first kappa shape index (κ1) is 12.8. The number of oxazole rings is 1. The summed E-state index contributed by atoms with van der Waals surface area (Å²) in [6.45, 7) is 0. The van der Waals surface area contributed by atoms with Crippen LogP contribution in [0.4, 0.5) is 4.39 Å². The van der Waals surface area contributed by atoms with Gasteiger partial charge >= 0.3 is 5.97 Å². The van der Waals surface area contributed by atoms with Crippen LogP contribution in [0.15, 0.2) is 45.3 Å². The lowest BCUT2D eigenvalue weighted by Crippen LogP contribution is -1.95.